The molecule has 1 heterocycles. The molecule has 1 heteroatoms. The van der Waals surface area contributed by atoms with E-state index in [0.717, 1.165) is 0 Å². The minimum atomic E-state index is 0.569. The van der Waals surface area contributed by atoms with Crippen molar-refractivity contribution in [3.63, 3.8) is 0 Å². The normalized spacial score (nSPS) is 24.4. The van der Waals surface area contributed by atoms with E-state index in [1.165, 1.54) is 64.2 Å². The van der Waals surface area contributed by atoms with E-state index in [9.17, 15) is 0 Å². The molecule has 0 spiro atoms. The zero-order valence-electron chi connectivity index (χ0n) is 10.6. The molecule has 0 N–H and O–H groups in total. The lowest BCUT2D eigenvalue weighted by atomic mass is 10.1. The average molecular weight is 212 g/mol. The average Bonchev–Trinajstić information content (AvgIpc) is 2.92. The van der Waals surface area contributed by atoms with Crippen molar-refractivity contribution < 1.29 is 4.74 Å². The summed E-state index contributed by atoms with van der Waals surface area (Å²) in [6.45, 7) is 4.46. The van der Waals surface area contributed by atoms with Gasteiger partial charge in [-0.2, -0.15) is 0 Å². The van der Waals surface area contributed by atoms with Gasteiger partial charge in [-0.3, -0.25) is 0 Å². The Morgan fingerprint density at radius 1 is 0.800 bits per heavy atom. The second kappa shape index (κ2) is 8.15. The molecule has 1 nitrogen and oxygen atoms in total. The van der Waals surface area contributed by atoms with Gasteiger partial charge in [-0.1, -0.05) is 64.7 Å². The largest absolute Gasteiger partial charge is 0.370 e. The van der Waals surface area contributed by atoms with Gasteiger partial charge in [0.2, 0.25) is 0 Å². The van der Waals surface area contributed by atoms with E-state index in [1.807, 2.05) is 0 Å². The third-order valence-electron chi connectivity index (χ3n) is 3.43. The van der Waals surface area contributed by atoms with E-state index in [2.05, 4.69) is 13.8 Å². The van der Waals surface area contributed by atoms with Gasteiger partial charge in [0, 0.05) is 0 Å². The zero-order valence-corrected chi connectivity index (χ0v) is 10.6. The molecule has 15 heavy (non-hydrogen) atoms. The Hall–Kier alpha value is -0.0400. The molecule has 1 aliphatic rings. The van der Waals surface area contributed by atoms with E-state index in [4.69, 9.17) is 4.74 Å². The first-order valence-corrected chi connectivity index (χ1v) is 7.00. The first-order chi connectivity index (χ1) is 7.34. The van der Waals surface area contributed by atoms with E-state index in [0.29, 0.717) is 12.2 Å². The van der Waals surface area contributed by atoms with Gasteiger partial charge in [0.25, 0.3) is 0 Å². The molecule has 2 atom stereocenters. The lowest BCUT2D eigenvalue weighted by Gasteiger charge is -2.00. The fraction of sp³-hybridized carbons (Fsp3) is 1.00. The topological polar surface area (TPSA) is 12.5 Å². The molecule has 0 bridgehead atoms. The zero-order chi connectivity index (χ0) is 10.9. The Morgan fingerprint density at radius 2 is 1.27 bits per heavy atom. The monoisotopic (exact) mass is 212 g/mol. The maximum absolute atomic E-state index is 5.39. The Morgan fingerprint density at radius 3 is 1.73 bits per heavy atom. The molecule has 0 amide bonds. The van der Waals surface area contributed by atoms with Crippen molar-refractivity contribution in [1.29, 1.82) is 0 Å². The van der Waals surface area contributed by atoms with Crippen molar-refractivity contribution in [1.82, 2.24) is 0 Å². The number of unbranched alkanes of at least 4 members (excludes halogenated alkanes) is 8. The highest BCUT2D eigenvalue weighted by atomic mass is 16.6. The predicted molar refractivity (Wildman–Crippen MR) is 66.2 cm³/mol. The molecule has 0 saturated carbocycles. The van der Waals surface area contributed by atoms with E-state index >= 15 is 0 Å². The fourth-order valence-corrected chi connectivity index (χ4v) is 2.19. The lowest BCUT2D eigenvalue weighted by molar-refractivity contribution is 0.364. The van der Waals surface area contributed by atoms with Gasteiger partial charge < -0.3 is 4.74 Å². The second-order valence-electron chi connectivity index (χ2n) is 5.00. The first-order valence-electron chi connectivity index (χ1n) is 7.00. The maximum Gasteiger partial charge on any atom is 0.0839 e. The van der Waals surface area contributed by atoms with Gasteiger partial charge in [0.1, 0.15) is 0 Å². The summed E-state index contributed by atoms with van der Waals surface area (Å²) in [4.78, 5) is 0. The summed E-state index contributed by atoms with van der Waals surface area (Å²) < 4.78 is 5.39. The van der Waals surface area contributed by atoms with Crippen LogP contribution in [0.15, 0.2) is 0 Å². The molecule has 0 radical (unpaired) electrons. The summed E-state index contributed by atoms with van der Waals surface area (Å²) in [7, 11) is 0. The van der Waals surface area contributed by atoms with Crippen molar-refractivity contribution in [3.05, 3.63) is 0 Å². The minimum absolute atomic E-state index is 0.569. The van der Waals surface area contributed by atoms with Gasteiger partial charge >= 0.3 is 0 Å². The minimum Gasteiger partial charge on any atom is -0.370 e. The molecule has 2 unspecified atom stereocenters. The standard InChI is InChI=1S/C14H28O/c1-3-4-5-6-7-8-9-10-11-12-14-13(2)15-14/h13-14H,3-12H2,1-2H3. The quantitative estimate of drug-likeness (QED) is 0.378. The van der Waals surface area contributed by atoms with Gasteiger partial charge in [-0.25, -0.2) is 0 Å². The van der Waals surface area contributed by atoms with Crippen LogP contribution in [-0.4, -0.2) is 12.2 Å². The Labute approximate surface area is 95.6 Å². The van der Waals surface area contributed by atoms with Crippen LogP contribution in [0.1, 0.15) is 78.1 Å². The maximum atomic E-state index is 5.39. The molecular formula is C14H28O. The number of epoxide rings is 1. The molecular weight excluding hydrogens is 184 g/mol. The summed E-state index contributed by atoms with van der Waals surface area (Å²) in [6, 6.07) is 0. The summed E-state index contributed by atoms with van der Waals surface area (Å²) in [5.41, 5.74) is 0. The van der Waals surface area contributed by atoms with Gasteiger partial charge in [-0.05, 0) is 13.3 Å². The number of hydrogen-bond donors (Lipinski definition) is 0. The van der Waals surface area contributed by atoms with Crippen molar-refractivity contribution in [2.75, 3.05) is 0 Å². The molecule has 0 aromatic heterocycles. The molecule has 90 valence electrons. The highest BCUT2D eigenvalue weighted by Crippen LogP contribution is 2.26. The van der Waals surface area contributed by atoms with Crippen molar-refractivity contribution in [2.24, 2.45) is 0 Å². The summed E-state index contributed by atoms with van der Waals surface area (Å²) in [6.07, 6.45) is 15.3. The van der Waals surface area contributed by atoms with E-state index < -0.39 is 0 Å². The SMILES string of the molecule is CCCCCCCCCCCC1OC1C. The van der Waals surface area contributed by atoms with Crippen molar-refractivity contribution >= 4 is 0 Å². The van der Waals surface area contributed by atoms with Crippen LogP contribution in [-0.2, 0) is 4.74 Å². The van der Waals surface area contributed by atoms with Crippen LogP contribution in [0.4, 0.5) is 0 Å². The predicted octanol–water partition coefficient (Wildman–Crippen LogP) is 4.69. The third kappa shape index (κ3) is 6.94. The Bertz CT molecular complexity index is 144. The highest BCUT2D eigenvalue weighted by Gasteiger charge is 2.32. The molecule has 0 aromatic carbocycles. The smallest absolute Gasteiger partial charge is 0.0839 e. The van der Waals surface area contributed by atoms with Crippen molar-refractivity contribution in [3.8, 4) is 0 Å². The lowest BCUT2D eigenvalue weighted by Crippen LogP contribution is -1.89. The van der Waals surface area contributed by atoms with Crippen LogP contribution in [0.5, 0.6) is 0 Å². The Balaban J connectivity index is 1.66. The van der Waals surface area contributed by atoms with Crippen LogP contribution >= 0.6 is 0 Å². The van der Waals surface area contributed by atoms with E-state index in [-0.39, 0.29) is 0 Å². The second-order valence-corrected chi connectivity index (χ2v) is 5.00. The first kappa shape index (κ1) is 13.0. The highest BCUT2D eigenvalue weighted by molar-refractivity contribution is 4.79. The van der Waals surface area contributed by atoms with Crippen molar-refractivity contribution in [2.45, 2.75) is 90.3 Å². The molecule has 1 saturated heterocycles. The number of hydrogen-bond acceptors (Lipinski definition) is 1. The van der Waals surface area contributed by atoms with Crippen LogP contribution in [0.2, 0.25) is 0 Å². The Kier molecular flexibility index (Phi) is 7.08. The molecule has 1 aliphatic heterocycles. The summed E-state index contributed by atoms with van der Waals surface area (Å²) in [5, 5.41) is 0. The van der Waals surface area contributed by atoms with Crippen LogP contribution < -0.4 is 0 Å². The van der Waals surface area contributed by atoms with E-state index in [1.54, 1.807) is 0 Å². The fourth-order valence-electron chi connectivity index (χ4n) is 2.19. The van der Waals surface area contributed by atoms with Gasteiger partial charge in [0.15, 0.2) is 0 Å². The number of rotatable bonds is 10. The van der Waals surface area contributed by atoms with Gasteiger partial charge in [-0.15, -0.1) is 0 Å². The van der Waals surface area contributed by atoms with Crippen LogP contribution in [0, 0.1) is 0 Å². The molecule has 1 fully saturated rings. The molecule has 0 aliphatic carbocycles. The molecule has 0 aromatic rings. The summed E-state index contributed by atoms with van der Waals surface area (Å²) in [5.74, 6) is 0. The third-order valence-corrected chi connectivity index (χ3v) is 3.43. The summed E-state index contributed by atoms with van der Waals surface area (Å²) >= 11 is 0. The van der Waals surface area contributed by atoms with Crippen LogP contribution in [0.3, 0.4) is 0 Å². The van der Waals surface area contributed by atoms with Crippen LogP contribution in [0.25, 0.3) is 0 Å². The number of ether oxygens (including phenoxy) is 1. The molecule has 1 rings (SSSR count). The van der Waals surface area contributed by atoms with Gasteiger partial charge in [0.05, 0.1) is 12.2 Å².